The van der Waals surface area contributed by atoms with Gasteiger partial charge in [-0.25, -0.2) is 9.37 Å². The largest absolute Gasteiger partial charge is 0.306 e. The average molecular weight is 407 g/mol. The van der Waals surface area contributed by atoms with Gasteiger partial charge in [-0.2, -0.15) is 0 Å². The molecule has 2 rings (SSSR count). The summed E-state index contributed by atoms with van der Waals surface area (Å²) in [6.07, 6.45) is 0. The van der Waals surface area contributed by atoms with Gasteiger partial charge in [-0.05, 0) is 40.8 Å². The fraction of sp³-hybridized carbons (Fsp3) is 0.286. The molecule has 0 saturated carbocycles. The van der Waals surface area contributed by atoms with E-state index in [1.54, 1.807) is 0 Å². The van der Waals surface area contributed by atoms with E-state index in [9.17, 15) is 9.18 Å². The first kappa shape index (κ1) is 15.4. The molecule has 2 aromatic rings. The molecule has 1 aromatic carbocycles. The third-order valence-corrected chi connectivity index (χ3v) is 4.07. The quantitative estimate of drug-likeness (QED) is 0.724. The van der Waals surface area contributed by atoms with E-state index in [1.807, 2.05) is 43.4 Å². The molecule has 0 aliphatic carbocycles. The number of nitrogens with zero attached hydrogens (tertiary/aromatic N) is 1. The Hall–Kier alpha value is -0.950. The number of benzene rings is 1. The minimum absolute atomic E-state index is 0.217. The minimum atomic E-state index is -0.428. The van der Waals surface area contributed by atoms with Gasteiger partial charge in [-0.1, -0.05) is 32.4 Å². The Kier molecular flexibility index (Phi) is 4.20. The van der Waals surface area contributed by atoms with Crippen molar-refractivity contribution in [2.24, 2.45) is 0 Å². The summed E-state index contributed by atoms with van der Waals surface area (Å²) in [6.45, 7) is 5.94. The molecular formula is C14H13ClFIN2O. The van der Waals surface area contributed by atoms with Gasteiger partial charge in [0.1, 0.15) is 15.2 Å². The highest BCUT2D eigenvalue weighted by atomic mass is 127. The fourth-order valence-electron chi connectivity index (χ4n) is 1.76. The van der Waals surface area contributed by atoms with Gasteiger partial charge < -0.3 is 4.98 Å². The highest BCUT2D eigenvalue weighted by Crippen LogP contribution is 2.29. The molecule has 0 atom stereocenters. The number of halogens is 3. The van der Waals surface area contributed by atoms with Crippen LogP contribution < -0.4 is 5.56 Å². The van der Waals surface area contributed by atoms with Gasteiger partial charge in [-0.15, -0.1) is 0 Å². The number of aromatic nitrogens is 2. The molecule has 1 aromatic heterocycles. The number of hydrogen-bond acceptors (Lipinski definition) is 2. The minimum Gasteiger partial charge on any atom is -0.306 e. The van der Waals surface area contributed by atoms with Crippen molar-refractivity contribution in [3.8, 4) is 11.4 Å². The Morgan fingerprint density at radius 3 is 2.55 bits per heavy atom. The van der Waals surface area contributed by atoms with Crippen LogP contribution in [0.5, 0.6) is 0 Å². The van der Waals surface area contributed by atoms with E-state index in [-0.39, 0.29) is 16.0 Å². The van der Waals surface area contributed by atoms with E-state index in [2.05, 4.69) is 9.97 Å². The Labute approximate surface area is 134 Å². The zero-order chi connectivity index (χ0) is 15.1. The van der Waals surface area contributed by atoms with Gasteiger partial charge in [0.05, 0.1) is 10.7 Å². The first-order valence-electron chi connectivity index (χ1n) is 5.96. The second kappa shape index (κ2) is 5.44. The van der Waals surface area contributed by atoms with E-state index >= 15 is 0 Å². The lowest BCUT2D eigenvalue weighted by molar-refractivity contribution is 0.562. The van der Waals surface area contributed by atoms with Crippen LogP contribution in [0.3, 0.4) is 0 Å². The first-order chi connectivity index (χ1) is 9.20. The lowest BCUT2D eigenvalue weighted by Crippen LogP contribution is -2.24. The van der Waals surface area contributed by atoms with Crippen LogP contribution in [-0.4, -0.2) is 9.97 Å². The molecule has 0 aliphatic heterocycles. The monoisotopic (exact) mass is 406 g/mol. The molecule has 0 aliphatic rings. The van der Waals surface area contributed by atoms with Gasteiger partial charge in [0.15, 0.2) is 0 Å². The molecule has 0 amide bonds. The summed E-state index contributed by atoms with van der Waals surface area (Å²) < 4.78 is 13.7. The van der Waals surface area contributed by atoms with Crippen LogP contribution in [0, 0.1) is 9.39 Å². The van der Waals surface area contributed by atoms with E-state index < -0.39 is 5.82 Å². The van der Waals surface area contributed by atoms with E-state index in [0.717, 1.165) is 0 Å². The molecule has 0 fully saturated rings. The molecule has 3 nitrogen and oxygen atoms in total. The maximum atomic E-state index is 13.1. The van der Waals surface area contributed by atoms with Crippen LogP contribution in [0.4, 0.5) is 4.39 Å². The summed E-state index contributed by atoms with van der Waals surface area (Å²) in [4.78, 5) is 19.2. The highest BCUT2D eigenvalue weighted by molar-refractivity contribution is 14.1. The van der Waals surface area contributed by atoms with Crippen LogP contribution in [0.15, 0.2) is 23.0 Å². The standard InChI is InChI=1S/C14H13ClFIN2O/c1-14(2,3)11-10(17)13(20)19-12(18-11)8-5-4-7(16)6-9(8)15/h4-6H,1-3H3,(H,18,19,20). The molecular weight excluding hydrogens is 394 g/mol. The van der Waals surface area contributed by atoms with Crippen molar-refractivity contribution in [2.45, 2.75) is 26.2 Å². The Morgan fingerprint density at radius 2 is 2.00 bits per heavy atom. The Bertz CT molecular complexity index is 722. The van der Waals surface area contributed by atoms with E-state index in [4.69, 9.17) is 11.6 Å². The van der Waals surface area contributed by atoms with Crippen molar-refractivity contribution >= 4 is 34.2 Å². The van der Waals surface area contributed by atoms with Gasteiger partial charge in [-0.3, -0.25) is 4.79 Å². The Morgan fingerprint density at radius 1 is 1.35 bits per heavy atom. The molecule has 6 heteroatoms. The number of hydrogen-bond donors (Lipinski definition) is 1. The van der Waals surface area contributed by atoms with Gasteiger partial charge in [0, 0.05) is 11.0 Å². The van der Waals surface area contributed by atoms with Crippen molar-refractivity contribution < 1.29 is 4.39 Å². The summed E-state index contributed by atoms with van der Waals surface area (Å²) in [5, 5.41) is 0.217. The maximum Gasteiger partial charge on any atom is 0.264 e. The van der Waals surface area contributed by atoms with Crippen LogP contribution in [0.1, 0.15) is 26.5 Å². The van der Waals surface area contributed by atoms with Crippen LogP contribution >= 0.6 is 34.2 Å². The molecule has 0 saturated heterocycles. The summed E-state index contributed by atoms with van der Waals surface area (Å²) in [5.41, 5.74) is 0.705. The third-order valence-electron chi connectivity index (χ3n) is 2.76. The highest BCUT2D eigenvalue weighted by Gasteiger charge is 2.22. The van der Waals surface area contributed by atoms with Crippen LogP contribution in [0.2, 0.25) is 5.02 Å². The number of rotatable bonds is 1. The lowest BCUT2D eigenvalue weighted by Gasteiger charge is -2.19. The number of aromatic amines is 1. The van der Waals surface area contributed by atoms with Crippen molar-refractivity contribution in [2.75, 3.05) is 0 Å². The topological polar surface area (TPSA) is 45.8 Å². The first-order valence-corrected chi connectivity index (χ1v) is 7.41. The maximum absolute atomic E-state index is 13.1. The molecule has 1 heterocycles. The SMILES string of the molecule is CC(C)(C)c1nc(-c2ccc(F)cc2Cl)[nH]c(=O)c1I. The van der Waals surface area contributed by atoms with Crippen LogP contribution in [-0.2, 0) is 5.41 Å². The smallest absolute Gasteiger partial charge is 0.264 e. The summed E-state index contributed by atoms with van der Waals surface area (Å²) in [6, 6.07) is 4.00. The second-order valence-electron chi connectivity index (χ2n) is 5.45. The summed E-state index contributed by atoms with van der Waals surface area (Å²) in [7, 11) is 0. The normalized spacial score (nSPS) is 11.7. The molecule has 0 spiro atoms. The average Bonchev–Trinajstić information content (AvgIpc) is 2.31. The predicted octanol–water partition coefficient (Wildman–Crippen LogP) is 4.13. The van der Waals surface area contributed by atoms with Crippen molar-refractivity contribution in [3.63, 3.8) is 0 Å². The van der Waals surface area contributed by atoms with E-state index in [0.29, 0.717) is 20.7 Å². The number of nitrogens with one attached hydrogen (secondary N) is 1. The summed E-state index contributed by atoms with van der Waals surface area (Å²) in [5.74, 6) is -0.0759. The van der Waals surface area contributed by atoms with Gasteiger partial charge >= 0.3 is 0 Å². The molecule has 0 unspecified atom stereocenters. The zero-order valence-corrected chi connectivity index (χ0v) is 14.1. The van der Waals surface area contributed by atoms with Crippen molar-refractivity contribution in [1.82, 2.24) is 9.97 Å². The van der Waals surface area contributed by atoms with Crippen molar-refractivity contribution in [3.05, 3.63) is 48.7 Å². The fourth-order valence-corrected chi connectivity index (χ4v) is 3.09. The zero-order valence-electron chi connectivity index (χ0n) is 11.2. The molecule has 20 heavy (non-hydrogen) atoms. The van der Waals surface area contributed by atoms with E-state index in [1.165, 1.54) is 18.2 Å². The lowest BCUT2D eigenvalue weighted by atomic mass is 9.92. The third kappa shape index (κ3) is 3.03. The van der Waals surface area contributed by atoms with Crippen LogP contribution in [0.25, 0.3) is 11.4 Å². The van der Waals surface area contributed by atoms with Crippen molar-refractivity contribution in [1.29, 1.82) is 0 Å². The van der Waals surface area contributed by atoms with Gasteiger partial charge in [0.2, 0.25) is 0 Å². The summed E-state index contributed by atoms with van der Waals surface area (Å²) >= 11 is 8.00. The Balaban J connectivity index is 2.70. The molecule has 0 radical (unpaired) electrons. The van der Waals surface area contributed by atoms with Gasteiger partial charge in [0.25, 0.3) is 5.56 Å². The molecule has 0 bridgehead atoms. The predicted molar refractivity (Wildman–Crippen MR) is 86.7 cm³/mol. The molecule has 106 valence electrons. The second-order valence-corrected chi connectivity index (χ2v) is 6.94. The molecule has 1 N–H and O–H groups in total. The number of H-pyrrole nitrogens is 1.